The van der Waals surface area contributed by atoms with Crippen molar-refractivity contribution in [2.75, 3.05) is 20.3 Å². The van der Waals surface area contributed by atoms with E-state index in [2.05, 4.69) is 22.9 Å². The predicted molar refractivity (Wildman–Crippen MR) is 122 cm³/mol. The van der Waals surface area contributed by atoms with Crippen molar-refractivity contribution >= 4 is 32.8 Å². The van der Waals surface area contributed by atoms with Crippen LogP contribution in [0.15, 0.2) is 50.1 Å². The van der Waals surface area contributed by atoms with Gasteiger partial charge in [0.05, 0.1) is 30.2 Å². The molecule has 0 aliphatic carbocycles. The summed E-state index contributed by atoms with van der Waals surface area (Å²) < 4.78 is 18.3. The molecule has 1 aliphatic rings. The molecule has 1 unspecified atom stereocenters. The molecule has 0 saturated carbocycles. The van der Waals surface area contributed by atoms with E-state index in [0.29, 0.717) is 41.2 Å². The number of rotatable bonds is 7. The van der Waals surface area contributed by atoms with Crippen LogP contribution in [0.25, 0.3) is 11.0 Å². The van der Waals surface area contributed by atoms with Gasteiger partial charge in [0, 0.05) is 11.5 Å². The van der Waals surface area contributed by atoms with Crippen LogP contribution in [0, 0.1) is 0 Å². The van der Waals surface area contributed by atoms with E-state index in [1.807, 2.05) is 25.1 Å². The lowest BCUT2D eigenvalue weighted by Gasteiger charge is -2.22. The van der Waals surface area contributed by atoms with Crippen LogP contribution in [0.5, 0.6) is 11.5 Å². The number of nitrogens with zero attached hydrogens (tertiary/aromatic N) is 1. The van der Waals surface area contributed by atoms with Gasteiger partial charge in [-0.1, -0.05) is 35.3 Å². The van der Waals surface area contributed by atoms with Crippen LogP contribution in [-0.4, -0.2) is 31.1 Å². The SMILES string of the molecule is CCCCOc1ccc(C2c3c(oc4ccc(Br)cc4c3=O)C(=O)N2C)cc1OCC. The molecule has 0 radical (unpaired) electrons. The molecule has 1 aliphatic heterocycles. The third-order valence-electron chi connectivity index (χ3n) is 5.40. The van der Waals surface area contributed by atoms with Crippen molar-refractivity contribution < 1.29 is 18.7 Å². The summed E-state index contributed by atoms with van der Waals surface area (Å²) in [5.74, 6) is 1.02. The molecule has 162 valence electrons. The van der Waals surface area contributed by atoms with Crippen molar-refractivity contribution in [2.24, 2.45) is 0 Å². The summed E-state index contributed by atoms with van der Waals surface area (Å²) in [6.07, 6.45) is 1.98. The van der Waals surface area contributed by atoms with Crippen molar-refractivity contribution in [2.45, 2.75) is 32.7 Å². The van der Waals surface area contributed by atoms with Crippen LogP contribution in [0.4, 0.5) is 0 Å². The lowest BCUT2D eigenvalue weighted by Crippen LogP contribution is -2.25. The lowest BCUT2D eigenvalue weighted by molar-refractivity contribution is 0.0771. The van der Waals surface area contributed by atoms with Crippen molar-refractivity contribution in [3.8, 4) is 11.5 Å². The average molecular weight is 486 g/mol. The highest BCUT2D eigenvalue weighted by atomic mass is 79.9. The van der Waals surface area contributed by atoms with Crippen LogP contribution in [0.1, 0.15) is 54.4 Å². The maximum absolute atomic E-state index is 13.4. The first-order chi connectivity index (χ1) is 15.0. The topological polar surface area (TPSA) is 69.0 Å². The van der Waals surface area contributed by atoms with Gasteiger partial charge in [0.25, 0.3) is 5.91 Å². The summed E-state index contributed by atoms with van der Waals surface area (Å²) in [6.45, 7) is 5.09. The molecule has 0 spiro atoms. The number of amides is 1. The van der Waals surface area contributed by atoms with Gasteiger partial charge in [0.2, 0.25) is 5.76 Å². The van der Waals surface area contributed by atoms with E-state index in [4.69, 9.17) is 13.9 Å². The summed E-state index contributed by atoms with van der Waals surface area (Å²) in [4.78, 5) is 27.8. The van der Waals surface area contributed by atoms with Crippen LogP contribution in [0.3, 0.4) is 0 Å². The van der Waals surface area contributed by atoms with Gasteiger partial charge in [0.1, 0.15) is 5.58 Å². The van der Waals surface area contributed by atoms with Gasteiger partial charge in [-0.2, -0.15) is 0 Å². The molecular weight excluding hydrogens is 462 g/mol. The smallest absolute Gasteiger partial charge is 0.290 e. The molecule has 7 heteroatoms. The molecule has 4 rings (SSSR count). The van der Waals surface area contributed by atoms with E-state index < -0.39 is 6.04 Å². The Kier molecular flexibility index (Phi) is 6.05. The standard InChI is InChI=1S/C24H24BrNO5/c1-4-6-11-30-18-9-7-14(12-19(18)29-5-2)21-20-22(27)16-13-15(25)8-10-17(16)31-23(20)24(28)26(21)3/h7-10,12-13,21H,4-6,11H2,1-3H3. The number of hydrogen-bond acceptors (Lipinski definition) is 5. The molecule has 6 nitrogen and oxygen atoms in total. The van der Waals surface area contributed by atoms with E-state index in [-0.39, 0.29) is 17.1 Å². The third-order valence-corrected chi connectivity index (χ3v) is 5.89. The van der Waals surface area contributed by atoms with E-state index in [9.17, 15) is 9.59 Å². The van der Waals surface area contributed by atoms with Crippen LogP contribution < -0.4 is 14.9 Å². The van der Waals surface area contributed by atoms with E-state index in [1.54, 1.807) is 25.2 Å². The molecule has 3 aromatic rings. The number of carbonyl (C=O) groups excluding carboxylic acids is 1. The Morgan fingerprint density at radius 3 is 2.61 bits per heavy atom. The maximum atomic E-state index is 13.4. The van der Waals surface area contributed by atoms with E-state index in [1.165, 1.54) is 4.90 Å². The fourth-order valence-corrected chi connectivity index (χ4v) is 4.22. The highest BCUT2D eigenvalue weighted by Crippen LogP contribution is 2.40. The molecule has 0 fully saturated rings. The largest absolute Gasteiger partial charge is 0.490 e. The first kappa shape index (κ1) is 21.4. The van der Waals surface area contributed by atoms with Gasteiger partial charge in [-0.25, -0.2) is 0 Å². The molecule has 31 heavy (non-hydrogen) atoms. The minimum atomic E-state index is -0.564. The minimum Gasteiger partial charge on any atom is -0.490 e. The fraction of sp³-hybridized carbons (Fsp3) is 0.333. The van der Waals surface area contributed by atoms with Gasteiger partial charge in [-0.05, 0) is 49.2 Å². The Morgan fingerprint density at radius 1 is 1.06 bits per heavy atom. The molecule has 0 N–H and O–H groups in total. The summed E-state index contributed by atoms with van der Waals surface area (Å²) in [5.41, 5.74) is 1.30. The summed E-state index contributed by atoms with van der Waals surface area (Å²) in [6, 6.07) is 10.2. The predicted octanol–water partition coefficient (Wildman–Crippen LogP) is 5.31. The first-order valence-electron chi connectivity index (χ1n) is 10.4. The number of ether oxygens (including phenoxy) is 2. The van der Waals surface area contributed by atoms with Gasteiger partial charge in [-0.3, -0.25) is 9.59 Å². The first-order valence-corrected chi connectivity index (χ1v) is 11.2. The summed E-state index contributed by atoms with van der Waals surface area (Å²) in [5, 5.41) is 0.436. The number of fused-ring (bicyclic) bond motifs is 2. The summed E-state index contributed by atoms with van der Waals surface area (Å²) in [7, 11) is 1.68. The highest BCUT2D eigenvalue weighted by molar-refractivity contribution is 9.10. The number of benzene rings is 2. The molecule has 0 saturated heterocycles. The summed E-state index contributed by atoms with van der Waals surface area (Å²) >= 11 is 3.40. The highest BCUT2D eigenvalue weighted by Gasteiger charge is 2.41. The maximum Gasteiger partial charge on any atom is 0.290 e. The molecule has 1 atom stereocenters. The zero-order chi connectivity index (χ0) is 22.1. The van der Waals surface area contributed by atoms with Crippen LogP contribution >= 0.6 is 15.9 Å². The second-order valence-electron chi connectivity index (χ2n) is 7.47. The van der Waals surface area contributed by atoms with Crippen molar-refractivity contribution in [3.05, 3.63) is 68.0 Å². The molecule has 1 amide bonds. The van der Waals surface area contributed by atoms with Crippen molar-refractivity contribution in [1.29, 1.82) is 0 Å². The molecule has 0 bridgehead atoms. The fourth-order valence-electron chi connectivity index (χ4n) is 3.86. The van der Waals surface area contributed by atoms with Crippen LogP contribution in [0.2, 0.25) is 0 Å². The minimum absolute atomic E-state index is 0.0913. The quantitative estimate of drug-likeness (QED) is 0.424. The van der Waals surface area contributed by atoms with Crippen molar-refractivity contribution in [1.82, 2.24) is 4.90 Å². The van der Waals surface area contributed by atoms with Gasteiger partial charge in [0.15, 0.2) is 16.9 Å². The number of carbonyl (C=O) groups is 1. The molecule has 2 aromatic carbocycles. The monoisotopic (exact) mass is 485 g/mol. The van der Waals surface area contributed by atoms with Gasteiger partial charge in [-0.15, -0.1) is 0 Å². The van der Waals surface area contributed by atoms with Crippen molar-refractivity contribution in [3.63, 3.8) is 0 Å². The molecule has 2 heterocycles. The number of hydrogen-bond donors (Lipinski definition) is 0. The molecule has 1 aromatic heterocycles. The normalized spacial score (nSPS) is 15.4. The Hall–Kier alpha value is -2.80. The number of halogens is 1. The van der Waals surface area contributed by atoms with Crippen LogP contribution in [-0.2, 0) is 0 Å². The zero-order valence-electron chi connectivity index (χ0n) is 17.7. The Bertz CT molecular complexity index is 1200. The Balaban J connectivity index is 1.83. The average Bonchev–Trinajstić information content (AvgIpc) is 3.01. The van der Waals surface area contributed by atoms with Gasteiger partial charge < -0.3 is 18.8 Å². The van der Waals surface area contributed by atoms with E-state index >= 15 is 0 Å². The van der Waals surface area contributed by atoms with Gasteiger partial charge >= 0.3 is 0 Å². The third kappa shape index (κ3) is 3.82. The molecular formula is C24H24BrNO5. The Morgan fingerprint density at radius 2 is 1.87 bits per heavy atom. The lowest BCUT2D eigenvalue weighted by atomic mass is 9.98. The second kappa shape index (κ2) is 8.75. The van der Waals surface area contributed by atoms with E-state index in [0.717, 1.165) is 22.9 Å². The Labute approximate surface area is 188 Å². The zero-order valence-corrected chi connectivity index (χ0v) is 19.3. The second-order valence-corrected chi connectivity index (χ2v) is 8.39. The number of unbranched alkanes of at least 4 members (excludes halogenated alkanes) is 1.